The Hall–Kier alpha value is -2.81. The molecular formula is C16H9F3O5S. The summed E-state index contributed by atoms with van der Waals surface area (Å²) in [7, 11) is -4.52. The van der Waals surface area contributed by atoms with Crippen LogP contribution in [0.5, 0.6) is 5.75 Å². The van der Waals surface area contributed by atoms with E-state index < -0.39 is 33.2 Å². The van der Waals surface area contributed by atoms with Crippen molar-refractivity contribution >= 4 is 21.1 Å². The van der Waals surface area contributed by atoms with E-state index in [2.05, 4.69) is 4.18 Å². The molecule has 9 heteroatoms. The van der Waals surface area contributed by atoms with Crippen molar-refractivity contribution in [1.82, 2.24) is 0 Å². The molecule has 0 unspecified atom stereocenters. The van der Waals surface area contributed by atoms with E-state index in [1.807, 2.05) is 0 Å². The van der Waals surface area contributed by atoms with Crippen molar-refractivity contribution in [2.75, 3.05) is 0 Å². The highest BCUT2D eigenvalue weighted by atomic mass is 32.2. The van der Waals surface area contributed by atoms with E-state index in [1.165, 1.54) is 18.2 Å². The van der Waals surface area contributed by atoms with E-state index in [0.717, 1.165) is 36.4 Å². The predicted molar refractivity (Wildman–Crippen MR) is 81.7 cm³/mol. The van der Waals surface area contributed by atoms with Gasteiger partial charge in [0.25, 0.3) is 0 Å². The Morgan fingerprint density at radius 1 is 0.960 bits per heavy atom. The van der Waals surface area contributed by atoms with E-state index in [4.69, 9.17) is 4.42 Å². The Labute approximate surface area is 139 Å². The highest BCUT2D eigenvalue weighted by molar-refractivity contribution is 7.87. The van der Waals surface area contributed by atoms with Gasteiger partial charge in [-0.3, -0.25) is 0 Å². The normalized spacial score (nSPS) is 12.3. The minimum Gasteiger partial charge on any atom is -0.423 e. The summed E-state index contributed by atoms with van der Waals surface area (Å²) in [5.41, 5.74) is -1.68. The van der Waals surface area contributed by atoms with Gasteiger partial charge < -0.3 is 8.60 Å². The third kappa shape index (κ3) is 3.50. The lowest BCUT2D eigenvalue weighted by Gasteiger charge is -2.13. The molecular weight excluding hydrogens is 361 g/mol. The van der Waals surface area contributed by atoms with Crippen LogP contribution in [0.3, 0.4) is 0 Å². The van der Waals surface area contributed by atoms with Gasteiger partial charge in [-0.15, -0.1) is 0 Å². The molecule has 2 aromatic carbocycles. The zero-order chi connectivity index (χ0) is 18.2. The van der Waals surface area contributed by atoms with Crippen LogP contribution in [0.4, 0.5) is 13.2 Å². The largest absolute Gasteiger partial charge is 0.423 e. The van der Waals surface area contributed by atoms with E-state index in [0.29, 0.717) is 0 Å². The number of benzene rings is 2. The summed E-state index contributed by atoms with van der Waals surface area (Å²) in [5.74, 6) is -0.824. The number of hydrogen-bond acceptors (Lipinski definition) is 5. The van der Waals surface area contributed by atoms with Crippen LogP contribution in [-0.4, -0.2) is 8.42 Å². The second-order valence-corrected chi connectivity index (χ2v) is 6.53. The van der Waals surface area contributed by atoms with Gasteiger partial charge in [-0.1, -0.05) is 12.1 Å². The Balaban J connectivity index is 2.04. The van der Waals surface area contributed by atoms with Crippen LogP contribution in [0.25, 0.3) is 11.0 Å². The molecule has 3 rings (SSSR count). The van der Waals surface area contributed by atoms with Gasteiger partial charge in [0.15, 0.2) is 5.75 Å². The lowest BCUT2D eigenvalue weighted by atomic mass is 10.2. The monoisotopic (exact) mass is 370 g/mol. The van der Waals surface area contributed by atoms with Gasteiger partial charge in [-0.25, -0.2) is 4.79 Å². The van der Waals surface area contributed by atoms with Crippen molar-refractivity contribution in [1.29, 1.82) is 0 Å². The molecule has 25 heavy (non-hydrogen) atoms. The Kier molecular flexibility index (Phi) is 4.03. The molecule has 0 aliphatic heterocycles. The van der Waals surface area contributed by atoms with Crippen LogP contribution in [0.2, 0.25) is 0 Å². The molecule has 1 aromatic heterocycles. The summed E-state index contributed by atoms with van der Waals surface area (Å²) in [5, 5.41) is 0.286. The number of hydrogen-bond donors (Lipinski definition) is 0. The minimum atomic E-state index is -4.76. The smallest absolute Gasteiger partial charge is 0.420 e. The summed E-state index contributed by atoms with van der Waals surface area (Å²) in [6.07, 6.45) is -4.76. The first-order chi connectivity index (χ1) is 11.7. The van der Waals surface area contributed by atoms with Crippen molar-refractivity contribution in [2.45, 2.75) is 11.1 Å². The van der Waals surface area contributed by atoms with E-state index in [1.54, 1.807) is 0 Å². The number of rotatable bonds is 3. The second kappa shape index (κ2) is 5.92. The molecule has 5 nitrogen and oxygen atoms in total. The molecule has 0 saturated heterocycles. The van der Waals surface area contributed by atoms with Crippen LogP contribution in [0.1, 0.15) is 5.56 Å². The molecule has 0 saturated carbocycles. The average Bonchev–Trinajstić information content (AvgIpc) is 2.53. The Morgan fingerprint density at radius 3 is 2.40 bits per heavy atom. The summed E-state index contributed by atoms with van der Waals surface area (Å²) in [4.78, 5) is 10.8. The lowest BCUT2D eigenvalue weighted by molar-refractivity contribution is -0.138. The molecule has 0 atom stereocenters. The van der Waals surface area contributed by atoms with Gasteiger partial charge in [0.1, 0.15) is 10.5 Å². The molecule has 130 valence electrons. The molecule has 0 aliphatic carbocycles. The molecule has 0 aliphatic rings. The van der Waals surface area contributed by atoms with Crippen molar-refractivity contribution in [3.63, 3.8) is 0 Å². The molecule has 1 heterocycles. The van der Waals surface area contributed by atoms with E-state index in [9.17, 15) is 26.4 Å². The maximum atomic E-state index is 13.0. The first-order valence-corrected chi connectivity index (χ1v) is 8.22. The number of alkyl halides is 3. The third-order valence-corrected chi connectivity index (χ3v) is 4.50. The summed E-state index contributed by atoms with van der Waals surface area (Å²) in [6.45, 7) is 0. The first kappa shape index (κ1) is 17.0. The highest BCUT2D eigenvalue weighted by Crippen LogP contribution is 2.37. The van der Waals surface area contributed by atoms with Gasteiger partial charge >= 0.3 is 21.9 Å². The summed E-state index contributed by atoms with van der Waals surface area (Å²) in [6, 6.07) is 9.88. The Morgan fingerprint density at radius 2 is 1.68 bits per heavy atom. The van der Waals surface area contributed by atoms with E-state index >= 15 is 0 Å². The van der Waals surface area contributed by atoms with Gasteiger partial charge in [0.05, 0.1) is 5.56 Å². The summed E-state index contributed by atoms with van der Waals surface area (Å²) >= 11 is 0. The zero-order valence-electron chi connectivity index (χ0n) is 12.3. The molecule has 0 amide bonds. The van der Waals surface area contributed by atoms with Crippen molar-refractivity contribution < 1.29 is 30.2 Å². The van der Waals surface area contributed by atoms with Crippen molar-refractivity contribution in [3.05, 3.63) is 70.6 Å². The van der Waals surface area contributed by atoms with Crippen LogP contribution in [0.15, 0.2) is 68.7 Å². The third-order valence-electron chi connectivity index (χ3n) is 3.27. The lowest BCUT2D eigenvalue weighted by Crippen LogP contribution is -2.14. The van der Waals surface area contributed by atoms with Gasteiger partial charge in [-0.05, 0) is 36.4 Å². The van der Waals surface area contributed by atoms with Gasteiger partial charge in [0, 0.05) is 11.5 Å². The van der Waals surface area contributed by atoms with Crippen LogP contribution >= 0.6 is 0 Å². The number of para-hydroxylation sites is 1. The Bertz CT molecular complexity index is 1100. The molecule has 0 N–H and O–H groups in total. The zero-order valence-corrected chi connectivity index (χ0v) is 13.1. The fourth-order valence-corrected chi connectivity index (χ4v) is 3.13. The van der Waals surface area contributed by atoms with Crippen molar-refractivity contribution in [2.24, 2.45) is 0 Å². The van der Waals surface area contributed by atoms with E-state index in [-0.39, 0.29) is 15.9 Å². The topological polar surface area (TPSA) is 73.6 Å². The molecule has 0 fully saturated rings. The predicted octanol–water partition coefficient (Wildman–Crippen LogP) is 3.58. The first-order valence-electron chi connectivity index (χ1n) is 6.81. The fourth-order valence-electron chi connectivity index (χ4n) is 2.15. The maximum absolute atomic E-state index is 13.0. The van der Waals surface area contributed by atoms with Crippen LogP contribution < -0.4 is 9.81 Å². The van der Waals surface area contributed by atoms with Gasteiger partial charge in [-0.2, -0.15) is 21.6 Å². The van der Waals surface area contributed by atoms with Gasteiger partial charge in [0.2, 0.25) is 0 Å². The molecule has 0 spiro atoms. The van der Waals surface area contributed by atoms with Crippen LogP contribution in [-0.2, 0) is 16.3 Å². The molecule has 0 bridgehead atoms. The standard InChI is InChI=1S/C16H9F3O5S/c17-16(18,19)12-3-1-2-4-14(12)24-25(21,22)11-6-7-13-10(9-11)5-8-15(20)23-13/h1-9H. The number of halogens is 3. The number of fused-ring (bicyclic) bond motifs is 1. The SMILES string of the molecule is O=c1ccc2cc(S(=O)(=O)Oc3ccccc3C(F)(F)F)ccc2o1. The minimum absolute atomic E-state index is 0.141. The maximum Gasteiger partial charge on any atom is 0.420 e. The highest BCUT2D eigenvalue weighted by Gasteiger charge is 2.35. The molecule has 3 aromatic rings. The van der Waals surface area contributed by atoms with Crippen LogP contribution in [0, 0.1) is 0 Å². The summed E-state index contributed by atoms with van der Waals surface area (Å²) < 4.78 is 73.0. The second-order valence-electron chi connectivity index (χ2n) is 4.99. The quantitative estimate of drug-likeness (QED) is 0.520. The fraction of sp³-hybridized carbons (Fsp3) is 0.0625. The molecule has 0 radical (unpaired) electrons. The van der Waals surface area contributed by atoms with Crippen molar-refractivity contribution in [3.8, 4) is 5.75 Å². The average molecular weight is 370 g/mol.